The third-order valence-corrected chi connectivity index (χ3v) is 5.52. The molecule has 1 aliphatic heterocycles. The van der Waals surface area contributed by atoms with E-state index >= 15 is 0 Å². The van der Waals surface area contributed by atoms with E-state index in [9.17, 15) is 8.42 Å². The highest BCUT2D eigenvalue weighted by atomic mass is 79.9. The average Bonchev–Trinajstić information content (AvgIpc) is 2.66. The molecule has 1 atom stereocenters. The largest absolute Gasteiger partial charge is 0.326 e. The van der Waals surface area contributed by atoms with E-state index in [4.69, 9.17) is 5.73 Å². The van der Waals surface area contributed by atoms with Gasteiger partial charge in [0.2, 0.25) is 10.0 Å². The van der Waals surface area contributed by atoms with Gasteiger partial charge in [-0.2, -0.15) is 4.31 Å². The molecule has 1 fully saturated rings. The van der Waals surface area contributed by atoms with Crippen molar-refractivity contribution in [1.82, 2.24) is 4.31 Å². The van der Waals surface area contributed by atoms with Crippen molar-refractivity contribution in [3.8, 4) is 0 Å². The Labute approximate surface area is 116 Å². The van der Waals surface area contributed by atoms with Gasteiger partial charge < -0.3 is 5.73 Å². The van der Waals surface area contributed by atoms with Crippen LogP contribution in [0.2, 0.25) is 0 Å². The number of nitrogens with two attached hydrogens (primary N) is 1. The van der Waals surface area contributed by atoms with E-state index in [2.05, 4.69) is 15.9 Å². The Bertz CT molecular complexity index is 495. The van der Waals surface area contributed by atoms with Gasteiger partial charge in [0.1, 0.15) is 0 Å². The summed E-state index contributed by atoms with van der Waals surface area (Å²) in [5.74, 6) is 0. The van der Waals surface area contributed by atoms with Crippen molar-refractivity contribution in [1.29, 1.82) is 0 Å². The van der Waals surface area contributed by atoms with Crippen molar-refractivity contribution >= 4 is 38.4 Å². The number of benzene rings is 1. The third kappa shape index (κ3) is 3.00. The Hall–Kier alpha value is -0.140. The second-order valence-corrected chi connectivity index (χ2v) is 6.60. The molecule has 1 heterocycles. The fourth-order valence-corrected chi connectivity index (χ4v) is 4.24. The van der Waals surface area contributed by atoms with Gasteiger partial charge in [0.25, 0.3) is 0 Å². The molecule has 96 valence electrons. The standard InChI is InChI=1S/C10H13BrN2O2S.ClH/c11-9-3-1-2-4-10(9)16(14,15)13-6-5-8(12)7-13;/h1-4,8H,5-7,12H2;1H. The summed E-state index contributed by atoms with van der Waals surface area (Å²) in [5, 5.41) is 0. The van der Waals surface area contributed by atoms with Crippen LogP contribution in [0, 0.1) is 0 Å². The summed E-state index contributed by atoms with van der Waals surface area (Å²) in [6.45, 7) is 0.911. The summed E-state index contributed by atoms with van der Waals surface area (Å²) in [4.78, 5) is 0.309. The van der Waals surface area contributed by atoms with Crippen LogP contribution in [0.4, 0.5) is 0 Å². The van der Waals surface area contributed by atoms with E-state index < -0.39 is 10.0 Å². The number of hydrogen-bond donors (Lipinski definition) is 1. The van der Waals surface area contributed by atoms with Crippen molar-refractivity contribution < 1.29 is 8.42 Å². The van der Waals surface area contributed by atoms with Gasteiger partial charge in [-0.15, -0.1) is 12.4 Å². The molecule has 1 saturated heterocycles. The minimum Gasteiger partial charge on any atom is -0.326 e. The second kappa shape index (κ2) is 5.67. The second-order valence-electron chi connectivity index (χ2n) is 3.84. The molecule has 1 aromatic carbocycles. The minimum absolute atomic E-state index is 0. The van der Waals surface area contributed by atoms with Crippen LogP contribution >= 0.6 is 28.3 Å². The zero-order valence-electron chi connectivity index (χ0n) is 9.04. The van der Waals surface area contributed by atoms with Gasteiger partial charge in [0.15, 0.2) is 0 Å². The van der Waals surface area contributed by atoms with Gasteiger partial charge in [0, 0.05) is 23.6 Å². The lowest BCUT2D eigenvalue weighted by atomic mass is 10.3. The lowest BCUT2D eigenvalue weighted by Crippen LogP contribution is -2.32. The molecule has 0 bridgehead atoms. The Balaban J connectivity index is 0.00000144. The summed E-state index contributed by atoms with van der Waals surface area (Å²) in [6.07, 6.45) is 0.726. The fraction of sp³-hybridized carbons (Fsp3) is 0.400. The molecular weight excluding hydrogens is 328 g/mol. The number of hydrogen-bond acceptors (Lipinski definition) is 3. The highest BCUT2D eigenvalue weighted by Crippen LogP contribution is 2.26. The van der Waals surface area contributed by atoms with Crippen molar-refractivity contribution in [2.24, 2.45) is 5.73 Å². The summed E-state index contributed by atoms with van der Waals surface area (Å²) in [6, 6.07) is 6.79. The Morgan fingerprint density at radius 1 is 1.35 bits per heavy atom. The third-order valence-electron chi connectivity index (χ3n) is 2.64. The molecule has 1 aliphatic rings. The summed E-state index contributed by atoms with van der Waals surface area (Å²) in [5.41, 5.74) is 5.72. The molecule has 2 rings (SSSR count). The van der Waals surface area contributed by atoms with Crippen LogP contribution in [0.25, 0.3) is 0 Å². The lowest BCUT2D eigenvalue weighted by molar-refractivity contribution is 0.472. The Kier molecular flexibility index (Phi) is 4.97. The predicted octanol–water partition coefficient (Wildman–Crippen LogP) is 1.59. The Morgan fingerprint density at radius 2 is 2.00 bits per heavy atom. The predicted molar refractivity (Wildman–Crippen MR) is 72.7 cm³/mol. The van der Waals surface area contributed by atoms with E-state index in [1.807, 2.05) is 0 Å². The first-order valence-corrected chi connectivity index (χ1v) is 7.25. The first-order valence-electron chi connectivity index (χ1n) is 5.02. The molecule has 1 unspecified atom stereocenters. The zero-order valence-corrected chi connectivity index (χ0v) is 12.3. The van der Waals surface area contributed by atoms with Gasteiger partial charge in [-0.3, -0.25) is 0 Å². The fourth-order valence-electron chi connectivity index (χ4n) is 1.77. The van der Waals surface area contributed by atoms with Crippen LogP contribution in [0.1, 0.15) is 6.42 Å². The van der Waals surface area contributed by atoms with E-state index in [-0.39, 0.29) is 18.4 Å². The number of sulfonamides is 1. The normalized spacial score (nSPS) is 21.2. The monoisotopic (exact) mass is 340 g/mol. The Morgan fingerprint density at radius 3 is 2.53 bits per heavy atom. The van der Waals surface area contributed by atoms with Gasteiger partial charge in [-0.25, -0.2) is 8.42 Å². The lowest BCUT2D eigenvalue weighted by Gasteiger charge is -2.16. The molecule has 4 nitrogen and oxygen atoms in total. The first-order chi connectivity index (χ1) is 7.51. The maximum atomic E-state index is 12.2. The van der Waals surface area contributed by atoms with Gasteiger partial charge >= 0.3 is 0 Å². The summed E-state index contributed by atoms with van der Waals surface area (Å²) in [7, 11) is -3.40. The molecular formula is C10H14BrClN2O2S. The molecule has 0 aromatic heterocycles. The number of nitrogens with zero attached hydrogens (tertiary/aromatic N) is 1. The highest BCUT2D eigenvalue weighted by Gasteiger charge is 2.31. The zero-order chi connectivity index (χ0) is 11.8. The van der Waals surface area contributed by atoms with Crippen LogP contribution in [-0.2, 0) is 10.0 Å². The van der Waals surface area contributed by atoms with Crippen LogP contribution < -0.4 is 5.73 Å². The van der Waals surface area contributed by atoms with Crippen molar-refractivity contribution in [3.05, 3.63) is 28.7 Å². The molecule has 1 aromatic rings. The summed E-state index contributed by atoms with van der Waals surface area (Å²) < 4.78 is 26.5. The van der Waals surface area contributed by atoms with E-state index in [0.717, 1.165) is 6.42 Å². The van der Waals surface area contributed by atoms with Crippen LogP contribution in [0.5, 0.6) is 0 Å². The van der Waals surface area contributed by atoms with Gasteiger partial charge in [-0.1, -0.05) is 12.1 Å². The summed E-state index contributed by atoms with van der Waals surface area (Å²) >= 11 is 3.26. The van der Waals surface area contributed by atoms with Crippen LogP contribution in [0.3, 0.4) is 0 Å². The molecule has 0 amide bonds. The quantitative estimate of drug-likeness (QED) is 0.888. The smallest absolute Gasteiger partial charge is 0.244 e. The molecule has 2 N–H and O–H groups in total. The van der Waals surface area contributed by atoms with Crippen LogP contribution in [-0.4, -0.2) is 31.9 Å². The van der Waals surface area contributed by atoms with E-state index in [1.165, 1.54) is 4.31 Å². The number of rotatable bonds is 2. The van der Waals surface area contributed by atoms with Gasteiger partial charge in [-0.05, 0) is 34.5 Å². The molecule has 7 heteroatoms. The van der Waals surface area contributed by atoms with Crippen LogP contribution in [0.15, 0.2) is 33.6 Å². The molecule has 0 spiro atoms. The van der Waals surface area contributed by atoms with Gasteiger partial charge in [0.05, 0.1) is 4.90 Å². The average molecular weight is 342 g/mol. The van der Waals surface area contributed by atoms with Crippen molar-refractivity contribution in [2.45, 2.75) is 17.4 Å². The first kappa shape index (κ1) is 14.9. The van der Waals surface area contributed by atoms with E-state index in [1.54, 1.807) is 24.3 Å². The highest BCUT2D eigenvalue weighted by molar-refractivity contribution is 9.10. The SMILES string of the molecule is Cl.NC1CCN(S(=O)(=O)c2ccccc2Br)C1. The minimum atomic E-state index is -3.40. The van der Waals surface area contributed by atoms with Crippen molar-refractivity contribution in [2.75, 3.05) is 13.1 Å². The molecule has 17 heavy (non-hydrogen) atoms. The number of halogens is 2. The van der Waals surface area contributed by atoms with Crippen molar-refractivity contribution in [3.63, 3.8) is 0 Å². The maximum Gasteiger partial charge on any atom is 0.244 e. The molecule has 0 saturated carbocycles. The topological polar surface area (TPSA) is 63.4 Å². The van der Waals surface area contributed by atoms with E-state index in [0.29, 0.717) is 22.5 Å². The maximum absolute atomic E-state index is 12.2. The molecule has 0 aliphatic carbocycles. The molecule has 0 radical (unpaired) electrons.